The Morgan fingerprint density at radius 2 is 2.20 bits per heavy atom. The summed E-state index contributed by atoms with van der Waals surface area (Å²) in [5.74, 6) is 0.854. The molecule has 1 heterocycles. The number of benzene rings is 1. The van der Waals surface area contributed by atoms with Gasteiger partial charge in [0.05, 0.1) is 18.8 Å². The van der Waals surface area contributed by atoms with Crippen LogP contribution in [0.15, 0.2) is 22.7 Å². The number of aryl methyl sites for hydroxylation is 2. The molecule has 0 aliphatic heterocycles. The molecule has 2 aromatic rings. The van der Waals surface area contributed by atoms with Crippen LogP contribution in [0.3, 0.4) is 0 Å². The lowest BCUT2D eigenvalue weighted by Crippen LogP contribution is -2.18. The molecule has 1 aromatic carbocycles. The fourth-order valence-electron chi connectivity index (χ4n) is 2.18. The van der Waals surface area contributed by atoms with Crippen molar-refractivity contribution in [3.8, 4) is 5.75 Å². The highest BCUT2D eigenvalue weighted by Gasteiger charge is 2.20. The van der Waals surface area contributed by atoms with Crippen LogP contribution in [0.2, 0.25) is 0 Å². The van der Waals surface area contributed by atoms with Crippen LogP contribution in [0.1, 0.15) is 34.1 Å². The number of thiazole rings is 1. The molecule has 0 aliphatic rings. The van der Waals surface area contributed by atoms with Gasteiger partial charge in [-0.25, -0.2) is 4.98 Å². The lowest BCUT2D eigenvalue weighted by atomic mass is 10.1. The Kier molecular flexibility index (Phi) is 5.18. The first kappa shape index (κ1) is 15.5. The molecular formula is C15H19BrN2OS. The van der Waals surface area contributed by atoms with E-state index < -0.39 is 0 Å². The zero-order valence-corrected chi connectivity index (χ0v) is 14.6. The third-order valence-electron chi connectivity index (χ3n) is 3.29. The molecule has 0 fully saturated rings. The van der Waals surface area contributed by atoms with E-state index in [0.717, 1.165) is 27.2 Å². The fourth-order valence-corrected chi connectivity index (χ4v) is 3.80. The molecule has 0 radical (unpaired) electrons. The van der Waals surface area contributed by atoms with Crippen LogP contribution in [0.4, 0.5) is 0 Å². The van der Waals surface area contributed by atoms with Crippen LogP contribution < -0.4 is 10.1 Å². The molecule has 0 saturated heterocycles. The number of hydrogen-bond donors (Lipinski definition) is 1. The normalized spacial score (nSPS) is 12.4. The molecule has 0 aliphatic carbocycles. The zero-order valence-electron chi connectivity index (χ0n) is 12.2. The Morgan fingerprint density at radius 3 is 2.75 bits per heavy atom. The SMILES string of the molecule is CCc1nc(C(NC)c2cc(OC)ccc2Br)sc1C. The number of nitrogens with zero attached hydrogens (tertiary/aromatic N) is 1. The van der Waals surface area contributed by atoms with Crippen LogP contribution >= 0.6 is 27.3 Å². The van der Waals surface area contributed by atoms with Crippen molar-refractivity contribution in [1.82, 2.24) is 10.3 Å². The molecule has 0 spiro atoms. The van der Waals surface area contributed by atoms with Gasteiger partial charge >= 0.3 is 0 Å². The first-order chi connectivity index (χ1) is 9.60. The predicted molar refractivity (Wildman–Crippen MR) is 87.8 cm³/mol. The van der Waals surface area contributed by atoms with Crippen molar-refractivity contribution in [3.63, 3.8) is 0 Å². The molecule has 1 aromatic heterocycles. The molecule has 1 atom stereocenters. The van der Waals surface area contributed by atoms with Gasteiger partial charge in [0.15, 0.2) is 0 Å². The maximum atomic E-state index is 5.32. The highest BCUT2D eigenvalue weighted by atomic mass is 79.9. The number of ether oxygens (including phenoxy) is 1. The van der Waals surface area contributed by atoms with Crippen molar-refractivity contribution in [2.24, 2.45) is 0 Å². The molecule has 108 valence electrons. The Hall–Kier alpha value is -0.910. The number of halogens is 1. The lowest BCUT2D eigenvalue weighted by Gasteiger charge is -2.16. The second kappa shape index (κ2) is 6.70. The predicted octanol–water partition coefficient (Wildman–Crippen LogP) is 4.09. The van der Waals surface area contributed by atoms with Crippen LogP contribution in [-0.2, 0) is 6.42 Å². The topological polar surface area (TPSA) is 34.2 Å². The van der Waals surface area contributed by atoms with E-state index in [1.165, 1.54) is 10.6 Å². The first-order valence-corrected chi connectivity index (χ1v) is 8.18. The summed E-state index contributed by atoms with van der Waals surface area (Å²) < 4.78 is 6.38. The molecule has 0 amide bonds. The Morgan fingerprint density at radius 1 is 1.45 bits per heavy atom. The third-order valence-corrected chi connectivity index (χ3v) is 5.09. The summed E-state index contributed by atoms with van der Waals surface area (Å²) in [5, 5.41) is 4.45. The summed E-state index contributed by atoms with van der Waals surface area (Å²) in [6, 6.07) is 6.08. The smallest absolute Gasteiger partial charge is 0.119 e. The molecule has 3 nitrogen and oxygen atoms in total. The van der Waals surface area contributed by atoms with Crippen molar-refractivity contribution in [3.05, 3.63) is 43.8 Å². The third kappa shape index (κ3) is 3.05. The number of aromatic nitrogens is 1. The fraction of sp³-hybridized carbons (Fsp3) is 0.400. The van der Waals surface area contributed by atoms with Gasteiger partial charge in [0.1, 0.15) is 10.8 Å². The van der Waals surface area contributed by atoms with E-state index in [0.29, 0.717) is 0 Å². The zero-order chi connectivity index (χ0) is 14.7. The second-order valence-corrected chi connectivity index (χ2v) is 6.61. The molecule has 1 N–H and O–H groups in total. The summed E-state index contributed by atoms with van der Waals surface area (Å²) in [7, 11) is 3.64. The van der Waals surface area contributed by atoms with Gasteiger partial charge in [0.25, 0.3) is 0 Å². The minimum Gasteiger partial charge on any atom is -0.497 e. The van der Waals surface area contributed by atoms with E-state index in [-0.39, 0.29) is 6.04 Å². The van der Waals surface area contributed by atoms with Crippen molar-refractivity contribution in [2.45, 2.75) is 26.3 Å². The maximum absolute atomic E-state index is 5.32. The van der Waals surface area contributed by atoms with E-state index in [1.807, 2.05) is 25.2 Å². The van der Waals surface area contributed by atoms with Gasteiger partial charge < -0.3 is 10.1 Å². The molecule has 2 rings (SSSR count). The van der Waals surface area contributed by atoms with Crippen LogP contribution in [0.25, 0.3) is 0 Å². The maximum Gasteiger partial charge on any atom is 0.119 e. The van der Waals surface area contributed by atoms with Crippen LogP contribution in [0.5, 0.6) is 5.75 Å². The van der Waals surface area contributed by atoms with Gasteiger partial charge in [-0.15, -0.1) is 11.3 Å². The summed E-state index contributed by atoms with van der Waals surface area (Å²) in [6.07, 6.45) is 0.970. The molecule has 20 heavy (non-hydrogen) atoms. The van der Waals surface area contributed by atoms with E-state index in [9.17, 15) is 0 Å². The number of hydrogen-bond acceptors (Lipinski definition) is 4. The standard InChI is InChI=1S/C15H19BrN2OS/c1-5-13-9(2)20-15(18-13)14(17-3)11-8-10(19-4)6-7-12(11)16/h6-8,14,17H,5H2,1-4H3. The van der Waals surface area contributed by atoms with Crippen LogP contribution in [0, 0.1) is 6.92 Å². The summed E-state index contributed by atoms with van der Waals surface area (Å²) in [4.78, 5) is 6.06. The largest absolute Gasteiger partial charge is 0.497 e. The molecular weight excluding hydrogens is 336 g/mol. The average Bonchev–Trinajstić information content (AvgIpc) is 2.82. The number of rotatable bonds is 5. The van der Waals surface area contributed by atoms with Crippen molar-refractivity contribution < 1.29 is 4.74 Å². The molecule has 5 heteroatoms. The van der Waals surface area contributed by atoms with Gasteiger partial charge in [-0.05, 0) is 44.2 Å². The molecule has 0 bridgehead atoms. The van der Waals surface area contributed by atoms with Gasteiger partial charge in [-0.3, -0.25) is 0 Å². The van der Waals surface area contributed by atoms with Gasteiger partial charge in [0, 0.05) is 9.35 Å². The van der Waals surface area contributed by atoms with Gasteiger partial charge in [0.2, 0.25) is 0 Å². The average molecular weight is 355 g/mol. The lowest BCUT2D eigenvalue weighted by molar-refractivity contribution is 0.413. The molecule has 0 saturated carbocycles. The van der Waals surface area contributed by atoms with E-state index in [4.69, 9.17) is 9.72 Å². The first-order valence-electron chi connectivity index (χ1n) is 6.57. The Labute approximate surface area is 132 Å². The van der Waals surface area contributed by atoms with E-state index >= 15 is 0 Å². The van der Waals surface area contributed by atoms with Crippen molar-refractivity contribution >= 4 is 27.3 Å². The van der Waals surface area contributed by atoms with Crippen LogP contribution in [-0.4, -0.2) is 19.1 Å². The number of methoxy groups -OCH3 is 1. The van der Waals surface area contributed by atoms with Crippen molar-refractivity contribution in [2.75, 3.05) is 14.2 Å². The second-order valence-electron chi connectivity index (χ2n) is 4.52. The Balaban J connectivity index is 2.45. The molecule has 1 unspecified atom stereocenters. The minimum absolute atomic E-state index is 0.0727. The number of nitrogens with one attached hydrogen (secondary N) is 1. The summed E-state index contributed by atoms with van der Waals surface area (Å²) in [6.45, 7) is 4.27. The van der Waals surface area contributed by atoms with E-state index in [2.05, 4.69) is 35.1 Å². The van der Waals surface area contributed by atoms with E-state index in [1.54, 1.807) is 18.4 Å². The minimum atomic E-state index is 0.0727. The highest BCUT2D eigenvalue weighted by molar-refractivity contribution is 9.10. The van der Waals surface area contributed by atoms with Gasteiger partial charge in [-0.1, -0.05) is 22.9 Å². The highest BCUT2D eigenvalue weighted by Crippen LogP contribution is 2.34. The summed E-state index contributed by atoms with van der Waals surface area (Å²) >= 11 is 5.38. The quantitative estimate of drug-likeness (QED) is 0.877. The summed E-state index contributed by atoms with van der Waals surface area (Å²) in [5.41, 5.74) is 2.33. The Bertz CT molecular complexity index is 598. The monoisotopic (exact) mass is 354 g/mol. The van der Waals surface area contributed by atoms with Gasteiger partial charge in [-0.2, -0.15) is 0 Å². The van der Waals surface area contributed by atoms with Crippen molar-refractivity contribution in [1.29, 1.82) is 0 Å².